The van der Waals surface area contributed by atoms with Crippen LogP contribution in [0.1, 0.15) is 35.2 Å². The molecule has 2 aromatic rings. The summed E-state index contributed by atoms with van der Waals surface area (Å²) in [5.41, 5.74) is -0.812. The second-order valence-corrected chi connectivity index (χ2v) is 8.52. The van der Waals surface area contributed by atoms with E-state index in [2.05, 4.69) is 5.32 Å². The monoisotopic (exact) mass is 478 g/mol. The van der Waals surface area contributed by atoms with Crippen LogP contribution in [0.15, 0.2) is 41.3 Å². The van der Waals surface area contributed by atoms with Crippen LogP contribution >= 0.6 is 23.4 Å². The first-order chi connectivity index (χ1) is 14.5. The molecule has 0 atom stereocenters. The number of hydrogen-bond donors (Lipinski definition) is 1. The lowest BCUT2D eigenvalue weighted by Gasteiger charge is -2.27. The molecule has 1 aliphatic rings. The molecule has 168 valence electrons. The first-order valence-corrected chi connectivity index (χ1v) is 11.1. The van der Waals surface area contributed by atoms with E-state index in [0.29, 0.717) is 5.69 Å². The van der Waals surface area contributed by atoms with Gasteiger partial charge < -0.3 is 10.2 Å². The standard InChI is InChI=1S/C21H20ClF5N2OS/c1-31-14-5-2-4-13(10-14)28-19(30)15-11-17(22)16(21(25,26)27)12-18(15)29-8-3-6-20(23,24)7-9-29/h2,4-5,10-12H,3,6-9H2,1H3,(H,28,30). The first-order valence-electron chi connectivity index (χ1n) is 9.49. The van der Waals surface area contributed by atoms with Crippen LogP contribution in [0.5, 0.6) is 0 Å². The molecule has 3 rings (SSSR count). The Hall–Kier alpha value is -2.00. The highest BCUT2D eigenvalue weighted by molar-refractivity contribution is 7.98. The Morgan fingerprint density at radius 3 is 2.58 bits per heavy atom. The molecule has 1 saturated heterocycles. The number of carbonyl (C=O) groups is 1. The number of benzene rings is 2. The Kier molecular flexibility index (Phi) is 7.05. The number of anilines is 2. The predicted octanol–water partition coefficient (Wildman–Crippen LogP) is 6.96. The summed E-state index contributed by atoms with van der Waals surface area (Å²) in [5, 5.41) is 2.04. The normalized spacial score (nSPS) is 16.7. The molecule has 0 bridgehead atoms. The van der Waals surface area contributed by atoms with Crippen molar-refractivity contribution in [1.82, 2.24) is 0 Å². The molecule has 0 unspecified atom stereocenters. The molecule has 1 fully saturated rings. The van der Waals surface area contributed by atoms with Gasteiger partial charge in [0.25, 0.3) is 5.91 Å². The lowest BCUT2D eigenvalue weighted by Crippen LogP contribution is -2.29. The van der Waals surface area contributed by atoms with Gasteiger partial charge in [-0.2, -0.15) is 13.2 Å². The molecular weight excluding hydrogens is 459 g/mol. The largest absolute Gasteiger partial charge is 0.417 e. The molecule has 1 heterocycles. The zero-order chi connectivity index (χ0) is 22.8. The lowest BCUT2D eigenvalue weighted by molar-refractivity contribution is -0.137. The van der Waals surface area contributed by atoms with Crippen molar-refractivity contribution in [2.24, 2.45) is 0 Å². The van der Waals surface area contributed by atoms with E-state index in [1.807, 2.05) is 12.3 Å². The van der Waals surface area contributed by atoms with Gasteiger partial charge in [-0.3, -0.25) is 4.79 Å². The van der Waals surface area contributed by atoms with Crippen molar-refractivity contribution in [3.8, 4) is 0 Å². The van der Waals surface area contributed by atoms with E-state index in [4.69, 9.17) is 11.6 Å². The van der Waals surface area contributed by atoms with E-state index < -0.39 is 35.0 Å². The highest BCUT2D eigenvalue weighted by Gasteiger charge is 2.37. The van der Waals surface area contributed by atoms with Gasteiger partial charge in [0.2, 0.25) is 5.92 Å². The fourth-order valence-corrected chi connectivity index (χ4v) is 4.16. The van der Waals surface area contributed by atoms with Gasteiger partial charge in [0.05, 0.1) is 21.8 Å². The fourth-order valence-electron chi connectivity index (χ4n) is 3.43. The highest BCUT2D eigenvalue weighted by atomic mass is 35.5. The summed E-state index contributed by atoms with van der Waals surface area (Å²) in [6.07, 6.45) is -3.65. The molecule has 0 radical (unpaired) electrons. The van der Waals surface area contributed by atoms with Gasteiger partial charge in [-0.05, 0) is 43.0 Å². The molecule has 31 heavy (non-hydrogen) atoms. The molecule has 3 nitrogen and oxygen atoms in total. The zero-order valence-electron chi connectivity index (χ0n) is 16.5. The van der Waals surface area contributed by atoms with Crippen LogP contribution in [0, 0.1) is 0 Å². The van der Waals surface area contributed by atoms with Gasteiger partial charge in [0, 0.05) is 36.5 Å². The summed E-state index contributed by atoms with van der Waals surface area (Å²) in [7, 11) is 0. The molecule has 0 aromatic heterocycles. The Morgan fingerprint density at radius 1 is 1.16 bits per heavy atom. The van der Waals surface area contributed by atoms with Gasteiger partial charge in [-0.1, -0.05) is 17.7 Å². The van der Waals surface area contributed by atoms with Crippen molar-refractivity contribution in [3.05, 3.63) is 52.5 Å². The number of nitrogens with zero attached hydrogens (tertiary/aromatic N) is 1. The summed E-state index contributed by atoms with van der Waals surface area (Å²) in [6.45, 7) is -0.0646. The Morgan fingerprint density at radius 2 is 1.90 bits per heavy atom. The number of rotatable bonds is 4. The average Bonchev–Trinajstić information content (AvgIpc) is 2.87. The quantitative estimate of drug-likeness (QED) is 0.381. The number of hydrogen-bond acceptors (Lipinski definition) is 3. The fraction of sp³-hybridized carbons (Fsp3) is 0.381. The van der Waals surface area contributed by atoms with Gasteiger partial charge in [0.1, 0.15) is 0 Å². The van der Waals surface area contributed by atoms with E-state index >= 15 is 0 Å². The summed E-state index contributed by atoms with van der Waals surface area (Å²) in [5.74, 6) is -3.56. The van der Waals surface area contributed by atoms with Crippen LogP contribution in [0.3, 0.4) is 0 Å². The third kappa shape index (κ3) is 5.83. The number of amides is 1. The molecule has 1 N–H and O–H groups in total. The third-order valence-corrected chi connectivity index (χ3v) is 6.06. The minimum absolute atomic E-state index is 0.0621. The van der Waals surface area contributed by atoms with E-state index in [0.717, 1.165) is 17.0 Å². The molecule has 1 aliphatic heterocycles. The molecule has 2 aromatic carbocycles. The summed E-state index contributed by atoms with van der Waals surface area (Å²) in [4.78, 5) is 15.3. The minimum atomic E-state index is -4.75. The minimum Gasteiger partial charge on any atom is -0.371 e. The first kappa shape index (κ1) is 23.7. The molecular formula is C21H20ClF5N2OS. The van der Waals surface area contributed by atoms with Crippen LogP contribution < -0.4 is 10.2 Å². The van der Waals surface area contributed by atoms with Gasteiger partial charge in [0.15, 0.2) is 0 Å². The van der Waals surface area contributed by atoms with Crippen LogP contribution in [0.25, 0.3) is 0 Å². The van der Waals surface area contributed by atoms with Crippen molar-refractivity contribution < 1.29 is 26.7 Å². The van der Waals surface area contributed by atoms with Gasteiger partial charge in [-0.25, -0.2) is 8.78 Å². The Labute approximate surface area is 185 Å². The van der Waals surface area contributed by atoms with E-state index in [9.17, 15) is 26.7 Å². The van der Waals surface area contributed by atoms with E-state index in [1.54, 1.807) is 18.2 Å². The number of carbonyl (C=O) groups excluding carboxylic acids is 1. The van der Waals surface area contributed by atoms with E-state index in [-0.39, 0.29) is 37.2 Å². The SMILES string of the molecule is CSc1cccc(NC(=O)c2cc(Cl)c(C(F)(F)F)cc2N2CCCC(F)(F)CC2)c1. The van der Waals surface area contributed by atoms with Gasteiger partial charge in [-0.15, -0.1) is 11.8 Å². The maximum absolute atomic E-state index is 13.8. The van der Waals surface area contributed by atoms with Crippen molar-refractivity contribution in [2.75, 3.05) is 29.6 Å². The van der Waals surface area contributed by atoms with Crippen LogP contribution in [0.2, 0.25) is 5.02 Å². The number of nitrogens with one attached hydrogen (secondary N) is 1. The lowest BCUT2D eigenvalue weighted by atomic mass is 10.1. The highest BCUT2D eigenvalue weighted by Crippen LogP contribution is 2.40. The number of thioether (sulfide) groups is 1. The van der Waals surface area contributed by atoms with Crippen LogP contribution in [-0.2, 0) is 6.18 Å². The predicted molar refractivity (Wildman–Crippen MR) is 114 cm³/mol. The van der Waals surface area contributed by atoms with Crippen molar-refractivity contribution in [2.45, 2.75) is 36.3 Å². The van der Waals surface area contributed by atoms with Crippen molar-refractivity contribution >= 4 is 40.6 Å². The molecule has 10 heteroatoms. The van der Waals surface area contributed by atoms with Gasteiger partial charge >= 0.3 is 6.18 Å². The summed E-state index contributed by atoms with van der Waals surface area (Å²) < 4.78 is 67.9. The molecule has 0 spiro atoms. The molecule has 1 amide bonds. The Bertz CT molecular complexity index is 967. The molecule has 0 saturated carbocycles. The smallest absolute Gasteiger partial charge is 0.371 e. The van der Waals surface area contributed by atoms with Crippen molar-refractivity contribution in [3.63, 3.8) is 0 Å². The second kappa shape index (κ2) is 9.24. The average molecular weight is 479 g/mol. The van der Waals surface area contributed by atoms with Crippen LogP contribution in [-0.4, -0.2) is 31.2 Å². The topological polar surface area (TPSA) is 32.3 Å². The Balaban J connectivity index is 2.01. The second-order valence-electron chi connectivity index (χ2n) is 7.23. The number of alkyl halides is 5. The summed E-state index contributed by atoms with van der Waals surface area (Å²) >= 11 is 7.32. The third-order valence-electron chi connectivity index (χ3n) is 5.02. The maximum atomic E-state index is 13.8. The van der Waals surface area contributed by atoms with E-state index in [1.165, 1.54) is 16.7 Å². The maximum Gasteiger partial charge on any atom is 0.417 e. The van der Waals surface area contributed by atoms with Crippen molar-refractivity contribution in [1.29, 1.82) is 0 Å². The summed E-state index contributed by atoms with van der Waals surface area (Å²) in [6, 6.07) is 8.68. The number of halogens is 6. The zero-order valence-corrected chi connectivity index (χ0v) is 18.1. The van der Waals surface area contributed by atoms with Crippen LogP contribution in [0.4, 0.5) is 33.3 Å². The molecule has 0 aliphatic carbocycles.